The number of hydrogen-bond donors (Lipinski definition) is 1. The zero-order valence-corrected chi connectivity index (χ0v) is 13.7. The second-order valence-corrected chi connectivity index (χ2v) is 7.19. The van der Waals surface area contributed by atoms with E-state index in [2.05, 4.69) is 15.0 Å². The molecule has 3 aromatic rings. The third-order valence-corrected chi connectivity index (χ3v) is 4.80. The van der Waals surface area contributed by atoms with Gasteiger partial charge in [0.2, 0.25) is 5.28 Å². The smallest absolute Gasteiger partial charge is 0.282 e. The van der Waals surface area contributed by atoms with Gasteiger partial charge in [-0.15, -0.1) is 0 Å². The summed E-state index contributed by atoms with van der Waals surface area (Å²) >= 11 is 5.87. The number of rotatable bonds is 3. The topological polar surface area (TPSA) is 93.0 Å². The van der Waals surface area contributed by atoms with Crippen LogP contribution in [0, 0.1) is 0 Å². The van der Waals surface area contributed by atoms with Crippen LogP contribution >= 0.6 is 11.6 Å². The lowest BCUT2D eigenvalue weighted by molar-refractivity contribution is 0.483. The molecule has 1 aliphatic rings. The molecule has 0 atom stereocenters. The van der Waals surface area contributed by atoms with Gasteiger partial charge in [-0.3, -0.25) is 4.55 Å². The molecule has 8 heteroatoms. The second-order valence-electron chi connectivity index (χ2n) is 5.43. The number of aromatic nitrogens is 3. The van der Waals surface area contributed by atoms with Gasteiger partial charge < -0.3 is 0 Å². The largest absolute Gasteiger partial charge is 0.294 e. The Labute approximate surface area is 142 Å². The van der Waals surface area contributed by atoms with Gasteiger partial charge in [-0.05, 0) is 47.3 Å². The summed E-state index contributed by atoms with van der Waals surface area (Å²) in [4.78, 5) is 12.4. The van der Waals surface area contributed by atoms with Crippen LogP contribution < -0.4 is 0 Å². The molecule has 120 valence electrons. The SMILES string of the molecule is O=S(=O)(O)c1cccc(Cc2ccc3c(c2)-c2nc(Cl)nc-3n2)c1. The number of benzene rings is 2. The molecule has 1 aromatic heterocycles. The van der Waals surface area contributed by atoms with Gasteiger partial charge in [0.05, 0.1) is 4.90 Å². The molecule has 0 radical (unpaired) electrons. The summed E-state index contributed by atoms with van der Waals surface area (Å²) < 4.78 is 31.6. The maximum atomic E-state index is 11.2. The second kappa shape index (κ2) is 5.34. The summed E-state index contributed by atoms with van der Waals surface area (Å²) in [5.74, 6) is 1.09. The molecule has 6 nitrogen and oxygen atoms in total. The summed E-state index contributed by atoms with van der Waals surface area (Å²) in [5, 5.41) is 0.161. The molecular weight excluding hydrogens is 350 g/mol. The summed E-state index contributed by atoms with van der Waals surface area (Å²) in [6.45, 7) is 0. The van der Waals surface area contributed by atoms with Crippen molar-refractivity contribution in [1.29, 1.82) is 0 Å². The molecule has 0 unspecified atom stereocenters. The van der Waals surface area contributed by atoms with E-state index in [-0.39, 0.29) is 10.2 Å². The van der Waals surface area contributed by atoms with Crippen molar-refractivity contribution in [3.05, 3.63) is 58.9 Å². The van der Waals surface area contributed by atoms with Crippen molar-refractivity contribution in [2.75, 3.05) is 0 Å². The van der Waals surface area contributed by atoms with Crippen LogP contribution in [0.1, 0.15) is 11.1 Å². The zero-order chi connectivity index (χ0) is 16.9. The molecule has 1 N–H and O–H groups in total. The highest BCUT2D eigenvalue weighted by Gasteiger charge is 2.22. The third-order valence-electron chi connectivity index (χ3n) is 3.78. The van der Waals surface area contributed by atoms with Gasteiger partial charge in [-0.1, -0.05) is 24.3 Å². The van der Waals surface area contributed by atoms with Crippen molar-refractivity contribution in [2.45, 2.75) is 11.3 Å². The van der Waals surface area contributed by atoms with Gasteiger partial charge in [0, 0.05) is 11.1 Å². The fraction of sp³-hybridized carbons (Fsp3) is 0.0625. The monoisotopic (exact) mass is 359 g/mol. The Kier molecular flexibility index (Phi) is 3.38. The molecule has 2 aromatic carbocycles. The average Bonchev–Trinajstić information content (AvgIpc) is 2.78. The highest BCUT2D eigenvalue weighted by molar-refractivity contribution is 7.85. The highest BCUT2D eigenvalue weighted by Crippen LogP contribution is 2.36. The van der Waals surface area contributed by atoms with Crippen LogP contribution in [0.4, 0.5) is 0 Å². The molecule has 2 bridgehead atoms. The van der Waals surface area contributed by atoms with Crippen molar-refractivity contribution in [2.24, 2.45) is 0 Å². The Morgan fingerprint density at radius 1 is 0.917 bits per heavy atom. The lowest BCUT2D eigenvalue weighted by Gasteiger charge is -2.06. The summed E-state index contributed by atoms with van der Waals surface area (Å²) in [5.41, 5.74) is 3.46. The normalized spacial score (nSPS) is 12.2. The minimum atomic E-state index is -4.21. The van der Waals surface area contributed by atoms with Crippen LogP contribution in [0.5, 0.6) is 0 Å². The quantitative estimate of drug-likeness (QED) is 0.565. The summed E-state index contributed by atoms with van der Waals surface area (Å²) in [6.07, 6.45) is 0.508. The Morgan fingerprint density at radius 3 is 2.38 bits per heavy atom. The molecule has 4 rings (SSSR count). The predicted octanol–water partition coefficient (Wildman–Crippen LogP) is 3.01. The van der Waals surface area contributed by atoms with Crippen molar-refractivity contribution >= 4 is 21.7 Å². The zero-order valence-electron chi connectivity index (χ0n) is 12.1. The maximum absolute atomic E-state index is 11.2. The molecule has 0 saturated heterocycles. The van der Waals surface area contributed by atoms with E-state index < -0.39 is 10.1 Å². The molecule has 24 heavy (non-hydrogen) atoms. The number of nitrogens with zero attached hydrogens (tertiary/aromatic N) is 3. The molecule has 0 fully saturated rings. The first-order valence-electron chi connectivity index (χ1n) is 7.02. The van der Waals surface area contributed by atoms with E-state index in [0.717, 1.165) is 22.3 Å². The average molecular weight is 360 g/mol. The van der Waals surface area contributed by atoms with Crippen LogP contribution in [0.3, 0.4) is 0 Å². The van der Waals surface area contributed by atoms with Gasteiger partial charge in [0.1, 0.15) is 0 Å². The van der Waals surface area contributed by atoms with Gasteiger partial charge in [0.25, 0.3) is 10.1 Å². The minimum Gasteiger partial charge on any atom is -0.282 e. The van der Waals surface area contributed by atoms with Crippen LogP contribution in [-0.4, -0.2) is 27.9 Å². The van der Waals surface area contributed by atoms with E-state index in [0.29, 0.717) is 18.1 Å². The van der Waals surface area contributed by atoms with E-state index in [4.69, 9.17) is 16.2 Å². The fourth-order valence-corrected chi connectivity index (χ4v) is 3.43. The number of hydrogen-bond acceptors (Lipinski definition) is 5. The van der Waals surface area contributed by atoms with Crippen molar-refractivity contribution in [1.82, 2.24) is 15.0 Å². The Balaban J connectivity index is 1.70. The van der Waals surface area contributed by atoms with Crippen LogP contribution in [-0.2, 0) is 16.5 Å². The molecule has 2 heterocycles. The van der Waals surface area contributed by atoms with E-state index in [1.807, 2.05) is 18.2 Å². The molecule has 0 amide bonds. The van der Waals surface area contributed by atoms with Crippen molar-refractivity contribution in [3.8, 4) is 22.8 Å². The van der Waals surface area contributed by atoms with Gasteiger partial charge >= 0.3 is 0 Å². The molecule has 1 aliphatic heterocycles. The lowest BCUT2D eigenvalue weighted by atomic mass is 10.00. The predicted molar refractivity (Wildman–Crippen MR) is 88.3 cm³/mol. The highest BCUT2D eigenvalue weighted by atomic mass is 35.5. The lowest BCUT2D eigenvalue weighted by Crippen LogP contribution is -1.99. The third kappa shape index (κ3) is 2.66. The van der Waals surface area contributed by atoms with Crippen LogP contribution in [0.25, 0.3) is 22.8 Å². The van der Waals surface area contributed by atoms with Crippen LogP contribution in [0.15, 0.2) is 47.4 Å². The van der Waals surface area contributed by atoms with E-state index >= 15 is 0 Å². The van der Waals surface area contributed by atoms with E-state index in [1.54, 1.807) is 12.1 Å². The Bertz CT molecular complexity index is 1080. The van der Waals surface area contributed by atoms with Gasteiger partial charge in [-0.25, -0.2) is 4.98 Å². The first kappa shape index (κ1) is 15.2. The fourth-order valence-electron chi connectivity index (χ4n) is 2.72. The van der Waals surface area contributed by atoms with Crippen molar-refractivity contribution < 1.29 is 13.0 Å². The van der Waals surface area contributed by atoms with Gasteiger partial charge in [0.15, 0.2) is 11.6 Å². The molecule has 0 spiro atoms. The maximum Gasteiger partial charge on any atom is 0.294 e. The number of halogens is 1. The molecule has 0 aliphatic carbocycles. The van der Waals surface area contributed by atoms with E-state index in [9.17, 15) is 8.42 Å². The summed E-state index contributed by atoms with van der Waals surface area (Å²) in [6, 6.07) is 12.0. The van der Waals surface area contributed by atoms with E-state index in [1.165, 1.54) is 12.1 Å². The van der Waals surface area contributed by atoms with Crippen molar-refractivity contribution in [3.63, 3.8) is 0 Å². The standard InChI is InChI=1S/C16H10ClN3O3S/c17-16-19-14-12-5-4-10(8-13(12)15(18-14)20-16)6-9-2-1-3-11(7-9)24(21,22)23/h1-5,7-8H,6H2,(H,21,22,23). The minimum absolute atomic E-state index is 0.118. The molecule has 0 saturated carbocycles. The Hall–Kier alpha value is -2.35. The summed E-state index contributed by atoms with van der Waals surface area (Å²) in [7, 11) is -4.21. The Morgan fingerprint density at radius 2 is 1.62 bits per heavy atom. The van der Waals surface area contributed by atoms with Crippen LogP contribution in [0.2, 0.25) is 5.28 Å². The first-order chi connectivity index (χ1) is 11.4. The number of fused-ring (bicyclic) bond motifs is 5. The molecular formula is C16H10ClN3O3S. The first-order valence-corrected chi connectivity index (χ1v) is 8.84. The van der Waals surface area contributed by atoms with Gasteiger partial charge in [-0.2, -0.15) is 18.4 Å².